The van der Waals surface area contributed by atoms with Gasteiger partial charge in [-0.25, -0.2) is 12.8 Å². The summed E-state index contributed by atoms with van der Waals surface area (Å²) in [6, 6.07) is 17.8. The van der Waals surface area contributed by atoms with Crippen molar-refractivity contribution in [2.24, 2.45) is 0 Å². The number of sulfonamides is 1. The fraction of sp³-hybridized carbons (Fsp3) is 0.167. The van der Waals surface area contributed by atoms with E-state index in [2.05, 4.69) is 10.0 Å². The molecule has 0 aliphatic heterocycles. The third-order valence-electron chi connectivity index (χ3n) is 4.94. The molecular formula is C24H23FN2O5S. The predicted molar refractivity (Wildman–Crippen MR) is 122 cm³/mol. The maximum atomic E-state index is 13.8. The highest BCUT2D eigenvalue weighted by Gasteiger charge is 2.21. The molecule has 1 atom stereocenters. The minimum absolute atomic E-state index is 0.0719. The fourth-order valence-electron chi connectivity index (χ4n) is 3.11. The van der Waals surface area contributed by atoms with Gasteiger partial charge in [0.25, 0.3) is 15.9 Å². The topological polar surface area (TPSA) is 102 Å². The SMILES string of the molecule is COC(=O)CC(NC(=O)c1cccc(NS(=O)(=O)c2ccc(C)c(F)c2)c1)c1ccccc1. The number of benzene rings is 3. The van der Waals surface area contributed by atoms with E-state index in [1.54, 1.807) is 24.3 Å². The number of carbonyl (C=O) groups excluding carboxylic acids is 2. The van der Waals surface area contributed by atoms with Crippen LogP contribution in [0.2, 0.25) is 0 Å². The first kappa shape index (κ1) is 23.9. The highest BCUT2D eigenvalue weighted by atomic mass is 32.2. The number of halogens is 1. The second kappa shape index (κ2) is 10.3. The van der Waals surface area contributed by atoms with E-state index in [0.717, 1.165) is 11.6 Å². The lowest BCUT2D eigenvalue weighted by Gasteiger charge is -2.18. The lowest BCUT2D eigenvalue weighted by Crippen LogP contribution is -2.30. The van der Waals surface area contributed by atoms with Gasteiger partial charge < -0.3 is 10.1 Å². The van der Waals surface area contributed by atoms with Gasteiger partial charge in [0.15, 0.2) is 0 Å². The summed E-state index contributed by atoms with van der Waals surface area (Å²) in [6.07, 6.45) is -0.0719. The average molecular weight is 471 g/mol. The smallest absolute Gasteiger partial charge is 0.307 e. The summed E-state index contributed by atoms with van der Waals surface area (Å²) in [4.78, 5) is 24.5. The number of esters is 1. The lowest BCUT2D eigenvalue weighted by molar-refractivity contribution is -0.141. The summed E-state index contributed by atoms with van der Waals surface area (Å²) < 4.78 is 46.2. The van der Waals surface area contributed by atoms with Gasteiger partial charge in [0.2, 0.25) is 0 Å². The molecule has 9 heteroatoms. The number of rotatable bonds is 8. The van der Waals surface area contributed by atoms with E-state index in [0.29, 0.717) is 5.56 Å². The fourth-order valence-corrected chi connectivity index (χ4v) is 4.17. The van der Waals surface area contributed by atoms with Gasteiger partial charge in [-0.05, 0) is 48.4 Å². The third kappa shape index (κ3) is 6.17. The summed E-state index contributed by atoms with van der Waals surface area (Å²) in [5.41, 5.74) is 1.35. The number of amides is 1. The Morgan fingerprint density at radius 3 is 2.39 bits per heavy atom. The monoisotopic (exact) mass is 470 g/mol. The van der Waals surface area contributed by atoms with Crippen LogP contribution in [0.15, 0.2) is 77.7 Å². The Morgan fingerprint density at radius 1 is 1.00 bits per heavy atom. The van der Waals surface area contributed by atoms with E-state index in [1.807, 2.05) is 6.07 Å². The van der Waals surface area contributed by atoms with Crippen molar-refractivity contribution in [3.05, 3.63) is 95.3 Å². The van der Waals surface area contributed by atoms with Crippen molar-refractivity contribution in [2.45, 2.75) is 24.3 Å². The Labute approximate surface area is 191 Å². The lowest BCUT2D eigenvalue weighted by atomic mass is 10.0. The molecule has 33 heavy (non-hydrogen) atoms. The predicted octanol–water partition coefficient (Wildman–Crippen LogP) is 3.97. The third-order valence-corrected chi connectivity index (χ3v) is 6.32. The van der Waals surface area contributed by atoms with E-state index < -0.39 is 33.8 Å². The van der Waals surface area contributed by atoms with Crippen LogP contribution in [-0.2, 0) is 19.6 Å². The molecule has 0 aliphatic rings. The van der Waals surface area contributed by atoms with E-state index in [4.69, 9.17) is 4.74 Å². The highest BCUT2D eigenvalue weighted by Crippen LogP contribution is 2.21. The molecule has 0 fully saturated rings. The largest absolute Gasteiger partial charge is 0.469 e. The molecule has 3 aromatic rings. The van der Waals surface area contributed by atoms with Crippen LogP contribution in [0.25, 0.3) is 0 Å². The van der Waals surface area contributed by atoms with Crippen LogP contribution in [0.1, 0.15) is 33.9 Å². The molecule has 0 saturated carbocycles. The van der Waals surface area contributed by atoms with Crippen LogP contribution < -0.4 is 10.0 Å². The number of carbonyl (C=O) groups is 2. The molecule has 3 aromatic carbocycles. The summed E-state index contributed by atoms with van der Waals surface area (Å²) >= 11 is 0. The number of hydrogen-bond donors (Lipinski definition) is 2. The Bertz CT molecular complexity index is 1260. The molecule has 172 valence electrons. The van der Waals surface area contributed by atoms with Crippen LogP contribution in [0.3, 0.4) is 0 Å². The number of nitrogens with one attached hydrogen (secondary N) is 2. The van der Waals surface area contributed by atoms with Crippen molar-refractivity contribution in [3.8, 4) is 0 Å². The summed E-state index contributed by atoms with van der Waals surface area (Å²) in [5.74, 6) is -1.63. The van der Waals surface area contributed by atoms with Crippen molar-refractivity contribution in [2.75, 3.05) is 11.8 Å². The molecule has 1 amide bonds. The van der Waals surface area contributed by atoms with E-state index in [9.17, 15) is 22.4 Å². The zero-order chi connectivity index (χ0) is 24.0. The average Bonchev–Trinajstić information content (AvgIpc) is 2.80. The van der Waals surface area contributed by atoms with Crippen molar-refractivity contribution in [1.82, 2.24) is 5.32 Å². The highest BCUT2D eigenvalue weighted by molar-refractivity contribution is 7.92. The molecular weight excluding hydrogens is 447 g/mol. The first-order chi connectivity index (χ1) is 15.7. The van der Waals surface area contributed by atoms with Crippen LogP contribution >= 0.6 is 0 Å². The molecule has 7 nitrogen and oxygen atoms in total. The molecule has 0 saturated heterocycles. The second-order valence-electron chi connectivity index (χ2n) is 7.31. The molecule has 0 bridgehead atoms. The second-order valence-corrected chi connectivity index (χ2v) is 9.00. The Morgan fingerprint density at radius 2 is 1.73 bits per heavy atom. The Kier molecular flexibility index (Phi) is 7.44. The molecule has 1 unspecified atom stereocenters. The van der Waals surface area contributed by atoms with Gasteiger partial charge >= 0.3 is 5.97 Å². The van der Waals surface area contributed by atoms with Gasteiger partial charge in [-0.2, -0.15) is 0 Å². The van der Waals surface area contributed by atoms with Gasteiger partial charge in [-0.1, -0.05) is 42.5 Å². The molecule has 0 aromatic heterocycles. The minimum atomic E-state index is -4.06. The zero-order valence-corrected chi connectivity index (χ0v) is 18.9. The van der Waals surface area contributed by atoms with Gasteiger partial charge in [0, 0.05) is 11.3 Å². The van der Waals surface area contributed by atoms with Crippen LogP contribution in [0.4, 0.5) is 10.1 Å². The quantitative estimate of drug-likeness (QED) is 0.485. The molecule has 0 spiro atoms. The van der Waals surface area contributed by atoms with Crippen molar-refractivity contribution in [3.63, 3.8) is 0 Å². The van der Waals surface area contributed by atoms with Gasteiger partial charge in [0.1, 0.15) is 5.82 Å². The maximum absolute atomic E-state index is 13.8. The molecule has 3 rings (SSSR count). The number of hydrogen-bond acceptors (Lipinski definition) is 5. The van der Waals surface area contributed by atoms with Gasteiger partial charge in [-0.15, -0.1) is 0 Å². The summed E-state index contributed by atoms with van der Waals surface area (Å²) in [5, 5.41) is 2.78. The molecule has 0 aliphatic carbocycles. The number of aryl methyl sites for hydroxylation is 1. The summed E-state index contributed by atoms with van der Waals surface area (Å²) in [6.45, 7) is 1.53. The van der Waals surface area contributed by atoms with E-state index >= 15 is 0 Å². The van der Waals surface area contributed by atoms with Crippen molar-refractivity contribution >= 4 is 27.6 Å². The molecule has 0 heterocycles. The van der Waals surface area contributed by atoms with Gasteiger partial charge in [-0.3, -0.25) is 14.3 Å². The first-order valence-corrected chi connectivity index (χ1v) is 11.5. The van der Waals surface area contributed by atoms with E-state index in [1.165, 1.54) is 50.4 Å². The minimum Gasteiger partial charge on any atom is -0.469 e. The van der Waals surface area contributed by atoms with Crippen LogP contribution in [0, 0.1) is 12.7 Å². The maximum Gasteiger partial charge on any atom is 0.307 e. The number of anilines is 1. The normalized spacial score (nSPS) is 12.0. The van der Waals surface area contributed by atoms with Crippen LogP contribution in [-0.4, -0.2) is 27.4 Å². The summed E-state index contributed by atoms with van der Waals surface area (Å²) in [7, 11) is -2.80. The van der Waals surface area contributed by atoms with Crippen molar-refractivity contribution < 1.29 is 27.1 Å². The zero-order valence-electron chi connectivity index (χ0n) is 18.0. The van der Waals surface area contributed by atoms with E-state index in [-0.39, 0.29) is 22.6 Å². The molecule has 2 N–H and O–H groups in total. The van der Waals surface area contributed by atoms with Crippen molar-refractivity contribution in [1.29, 1.82) is 0 Å². The Hall–Kier alpha value is -3.72. The van der Waals surface area contributed by atoms with Gasteiger partial charge in [0.05, 0.1) is 24.5 Å². The Balaban J connectivity index is 1.80. The number of ether oxygens (including phenoxy) is 1. The molecule has 0 radical (unpaired) electrons. The number of methoxy groups -OCH3 is 1. The van der Waals surface area contributed by atoms with Crippen LogP contribution in [0.5, 0.6) is 0 Å². The first-order valence-electron chi connectivity index (χ1n) is 10.0. The standard InChI is InChI=1S/C24H23FN2O5S/c1-16-11-12-20(14-21(16)25)33(30,31)27-19-10-6-9-18(13-19)24(29)26-22(15-23(28)32-2)17-7-4-3-5-8-17/h3-14,22,27H,15H2,1-2H3,(H,26,29).